The van der Waals surface area contributed by atoms with Gasteiger partial charge in [-0.1, -0.05) is 42.5 Å². The quantitative estimate of drug-likeness (QED) is 0.767. The van der Waals surface area contributed by atoms with Crippen molar-refractivity contribution in [2.75, 3.05) is 0 Å². The van der Waals surface area contributed by atoms with Crippen molar-refractivity contribution >= 4 is 68.1 Å². The Balaban J connectivity index is 0.00000112. The van der Waals surface area contributed by atoms with E-state index in [9.17, 15) is 4.79 Å². The zero-order chi connectivity index (χ0) is 9.97. The number of nitrogens with two attached hydrogens (primary N) is 1. The summed E-state index contributed by atoms with van der Waals surface area (Å²) in [7, 11) is 0. The molecule has 0 aliphatic carbocycles. The normalized spacial score (nSPS) is 9.60. The Morgan fingerprint density at radius 2 is 1.73 bits per heavy atom. The van der Waals surface area contributed by atoms with Crippen molar-refractivity contribution in [3.63, 3.8) is 0 Å². The van der Waals surface area contributed by atoms with Crippen LogP contribution in [-0.4, -0.2) is 57.3 Å². The minimum absolute atomic E-state index is 0. The third-order valence-electron chi connectivity index (χ3n) is 2.24. The summed E-state index contributed by atoms with van der Waals surface area (Å²) >= 11 is 0. The van der Waals surface area contributed by atoms with Crippen LogP contribution in [-0.2, 0) is 11.2 Å². The molecule has 2 aromatic carbocycles. The first kappa shape index (κ1) is 12.9. The fourth-order valence-corrected chi connectivity index (χ4v) is 1.63. The molecule has 0 aliphatic heterocycles. The summed E-state index contributed by atoms with van der Waals surface area (Å²) in [5, 5.41) is 2.25. The van der Waals surface area contributed by atoms with Crippen LogP contribution < -0.4 is 5.73 Å². The molecular weight excluding hydrogens is 213 g/mol. The molecule has 0 aliphatic rings. The topological polar surface area (TPSA) is 43.1 Å². The molecule has 2 aromatic rings. The van der Waals surface area contributed by atoms with Gasteiger partial charge in [-0.2, -0.15) is 0 Å². The number of hydrogen-bond donors (Lipinski definition) is 1. The van der Waals surface area contributed by atoms with E-state index in [0.29, 0.717) is 6.42 Å². The zero-order valence-corrected chi connectivity index (χ0v) is 7.73. The monoisotopic (exact) mass is 225 g/mol. The first-order chi connectivity index (χ1) is 6.77. The SMILES string of the molecule is NC(=O)Cc1cccc2ccccc12.[KH]. The van der Waals surface area contributed by atoms with Gasteiger partial charge in [0.15, 0.2) is 0 Å². The number of fused-ring (bicyclic) bond motifs is 1. The van der Waals surface area contributed by atoms with Gasteiger partial charge in [0.25, 0.3) is 0 Å². The number of primary amides is 1. The van der Waals surface area contributed by atoms with Gasteiger partial charge in [0.05, 0.1) is 6.42 Å². The van der Waals surface area contributed by atoms with Crippen LogP contribution in [0.3, 0.4) is 0 Å². The van der Waals surface area contributed by atoms with Crippen molar-refractivity contribution in [1.82, 2.24) is 0 Å². The van der Waals surface area contributed by atoms with Gasteiger partial charge in [0.2, 0.25) is 5.91 Å². The predicted molar refractivity (Wildman–Crippen MR) is 64.0 cm³/mol. The third-order valence-corrected chi connectivity index (χ3v) is 2.24. The van der Waals surface area contributed by atoms with E-state index < -0.39 is 0 Å². The number of amides is 1. The molecule has 1 amide bonds. The van der Waals surface area contributed by atoms with Crippen molar-refractivity contribution in [3.8, 4) is 0 Å². The molecule has 2 rings (SSSR count). The second kappa shape index (κ2) is 5.77. The Kier molecular flexibility index (Phi) is 4.95. The Morgan fingerprint density at radius 3 is 2.47 bits per heavy atom. The summed E-state index contributed by atoms with van der Waals surface area (Å²) in [6.07, 6.45) is 0.307. The molecule has 0 radical (unpaired) electrons. The maximum absolute atomic E-state index is 10.8. The van der Waals surface area contributed by atoms with Crippen molar-refractivity contribution in [1.29, 1.82) is 0 Å². The summed E-state index contributed by atoms with van der Waals surface area (Å²) in [5.74, 6) is -0.290. The van der Waals surface area contributed by atoms with Gasteiger partial charge in [-0.25, -0.2) is 0 Å². The van der Waals surface area contributed by atoms with Crippen molar-refractivity contribution in [2.45, 2.75) is 6.42 Å². The van der Waals surface area contributed by atoms with Crippen LogP contribution in [0.25, 0.3) is 10.8 Å². The Hall–Kier alpha value is -0.194. The van der Waals surface area contributed by atoms with E-state index in [4.69, 9.17) is 5.73 Å². The van der Waals surface area contributed by atoms with Crippen LogP contribution in [0.2, 0.25) is 0 Å². The van der Waals surface area contributed by atoms with E-state index in [1.165, 1.54) is 0 Å². The van der Waals surface area contributed by atoms with E-state index in [0.717, 1.165) is 16.3 Å². The molecule has 2 nitrogen and oxygen atoms in total. The molecule has 15 heavy (non-hydrogen) atoms. The fraction of sp³-hybridized carbons (Fsp3) is 0.0833. The molecule has 0 saturated carbocycles. The Bertz CT molecular complexity index is 477. The molecular formula is C12H12KNO. The molecule has 0 bridgehead atoms. The summed E-state index contributed by atoms with van der Waals surface area (Å²) in [4.78, 5) is 10.8. The first-order valence-corrected chi connectivity index (χ1v) is 4.52. The molecule has 0 unspecified atom stereocenters. The van der Waals surface area contributed by atoms with Crippen molar-refractivity contribution < 1.29 is 4.79 Å². The third kappa shape index (κ3) is 3.13. The molecule has 2 N–H and O–H groups in total. The van der Waals surface area contributed by atoms with Crippen molar-refractivity contribution in [2.24, 2.45) is 5.73 Å². The average Bonchev–Trinajstić information content (AvgIpc) is 2.18. The Labute approximate surface area is 131 Å². The van der Waals surface area contributed by atoms with E-state index in [1.54, 1.807) is 0 Å². The molecule has 0 fully saturated rings. The molecule has 0 atom stereocenters. The van der Waals surface area contributed by atoms with Crippen LogP contribution in [0.1, 0.15) is 5.56 Å². The fourth-order valence-electron chi connectivity index (χ4n) is 1.63. The summed E-state index contributed by atoms with van der Waals surface area (Å²) in [6.45, 7) is 0. The van der Waals surface area contributed by atoms with Crippen LogP contribution in [0, 0.1) is 0 Å². The average molecular weight is 225 g/mol. The molecule has 0 aromatic heterocycles. The van der Waals surface area contributed by atoms with Gasteiger partial charge in [-0.15, -0.1) is 0 Å². The van der Waals surface area contributed by atoms with Gasteiger partial charge in [-0.05, 0) is 16.3 Å². The minimum atomic E-state index is -0.290. The van der Waals surface area contributed by atoms with Crippen molar-refractivity contribution in [3.05, 3.63) is 48.0 Å². The predicted octanol–water partition coefficient (Wildman–Crippen LogP) is 1.22. The molecule has 72 valence electrons. The molecule has 0 saturated heterocycles. The van der Waals surface area contributed by atoms with Gasteiger partial charge in [0.1, 0.15) is 0 Å². The van der Waals surface area contributed by atoms with Crippen LogP contribution >= 0.6 is 0 Å². The van der Waals surface area contributed by atoms with Crippen LogP contribution in [0.15, 0.2) is 42.5 Å². The van der Waals surface area contributed by atoms with Gasteiger partial charge < -0.3 is 5.73 Å². The number of carbonyl (C=O) groups excluding carboxylic acids is 1. The van der Waals surface area contributed by atoms with Gasteiger partial charge in [0, 0.05) is 0 Å². The summed E-state index contributed by atoms with van der Waals surface area (Å²) in [6, 6.07) is 13.9. The van der Waals surface area contributed by atoms with Gasteiger partial charge in [-0.3, -0.25) is 4.79 Å². The first-order valence-electron chi connectivity index (χ1n) is 4.52. The second-order valence-corrected chi connectivity index (χ2v) is 3.28. The summed E-state index contributed by atoms with van der Waals surface area (Å²) in [5.41, 5.74) is 6.17. The molecule has 0 heterocycles. The van der Waals surface area contributed by atoms with E-state index in [1.807, 2.05) is 42.5 Å². The second-order valence-electron chi connectivity index (χ2n) is 3.28. The number of benzene rings is 2. The number of hydrogen-bond acceptors (Lipinski definition) is 1. The van der Waals surface area contributed by atoms with Crippen LogP contribution in [0.4, 0.5) is 0 Å². The molecule has 3 heteroatoms. The summed E-state index contributed by atoms with van der Waals surface area (Å²) < 4.78 is 0. The van der Waals surface area contributed by atoms with Crippen LogP contribution in [0.5, 0.6) is 0 Å². The van der Waals surface area contributed by atoms with E-state index in [-0.39, 0.29) is 57.3 Å². The Morgan fingerprint density at radius 1 is 1.07 bits per heavy atom. The van der Waals surface area contributed by atoms with E-state index >= 15 is 0 Å². The van der Waals surface area contributed by atoms with Gasteiger partial charge >= 0.3 is 51.4 Å². The maximum atomic E-state index is 10.8. The number of carbonyl (C=O) groups is 1. The zero-order valence-electron chi connectivity index (χ0n) is 7.73. The van der Waals surface area contributed by atoms with E-state index in [2.05, 4.69) is 0 Å². The molecule has 0 spiro atoms. The standard InChI is InChI=1S/C12H11NO.K.H/c13-12(14)8-10-6-3-5-9-4-1-2-7-11(9)10;;/h1-7H,8H2,(H2,13,14);;. The number of rotatable bonds is 2.